The van der Waals surface area contributed by atoms with Crippen molar-refractivity contribution in [2.75, 3.05) is 13.7 Å². The van der Waals surface area contributed by atoms with Gasteiger partial charge in [0, 0.05) is 19.0 Å². The molecule has 0 spiro atoms. The van der Waals surface area contributed by atoms with Gasteiger partial charge in [-0.1, -0.05) is 13.3 Å². The molecule has 0 radical (unpaired) electrons. The molecule has 17 heavy (non-hydrogen) atoms. The van der Waals surface area contributed by atoms with Crippen LogP contribution in [0.3, 0.4) is 0 Å². The van der Waals surface area contributed by atoms with Crippen LogP contribution in [0.1, 0.15) is 37.2 Å². The average Bonchev–Trinajstić information content (AvgIpc) is 2.37. The summed E-state index contributed by atoms with van der Waals surface area (Å²) in [6.45, 7) is 4.37. The number of hydrogen-bond donors (Lipinski definition) is 0. The maximum atomic E-state index is 12.2. The van der Waals surface area contributed by atoms with Gasteiger partial charge >= 0.3 is 0 Å². The van der Waals surface area contributed by atoms with Gasteiger partial charge < -0.3 is 9.47 Å². The topological polar surface area (TPSA) is 61.3 Å². The van der Waals surface area contributed by atoms with E-state index in [1.807, 2.05) is 13.8 Å². The van der Waals surface area contributed by atoms with Crippen molar-refractivity contribution in [1.29, 1.82) is 0 Å². The number of nitrogens with zero attached hydrogens (tertiary/aromatic N) is 2. The summed E-state index contributed by atoms with van der Waals surface area (Å²) in [4.78, 5) is 20.2. The number of carbonyl (C=O) groups is 1. The van der Waals surface area contributed by atoms with Gasteiger partial charge in [-0.2, -0.15) is 0 Å². The highest BCUT2D eigenvalue weighted by atomic mass is 16.5. The number of ketones is 1. The van der Waals surface area contributed by atoms with E-state index in [0.717, 1.165) is 6.42 Å². The molecule has 5 heteroatoms. The molecule has 1 atom stereocenters. The van der Waals surface area contributed by atoms with Crippen molar-refractivity contribution in [3.05, 3.63) is 18.1 Å². The lowest BCUT2D eigenvalue weighted by molar-refractivity contribution is 0.0415. The zero-order chi connectivity index (χ0) is 12.7. The zero-order valence-electron chi connectivity index (χ0n) is 10.5. The van der Waals surface area contributed by atoms with Crippen LogP contribution in [0.2, 0.25) is 0 Å². The number of methoxy groups -OCH3 is 1. The Balaban J connectivity index is 2.92. The third-order valence-electron chi connectivity index (χ3n) is 2.30. The molecule has 0 N–H and O–H groups in total. The molecule has 1 heterocycles. The molecule has 1 aromatic heterocycles. The van der Waals surface area contributed by atoms with E-state index in [1.165, 1.54) is 19.5 Å². The van der Waals surface area contributed by atoms with Crippen molar-refractivity contribution < 1.29 is 14.3 Å². The molecule has 0 aliphatic carbocycles. The lowest BCUT2D eigenvalue weighted by Crippen LogP contribution is -2.26. The first-order valence-electron chi connectivity index (χ1n) is 5.75. The van der Waals surface area contributed by atoms with Crippen LogP contribution in [0.25, 0.3) is 0 Å². The highest BCUT2D eigenvalue weighted by molar-refractivity contribution is 5.99. The van der Waals surface area contributed by atoms with Gasteiger partial charge in [-0.25, -0.2) is 9.97 Å². The lowest BCUT2D eigenvalue weighted by Gasteiger charge is -2.15. The Morgan fingerprint density at radius 3 is 2.65 bits per heavy atom. The van der Waals surface area contributed by atoms with Gasteiger partial charge in [-0.05, 0) is 13.3 Å². The van der Waals surface area contributed by atoms with E-state index >= 15 is 0 Å². The van der Waals surface area contributed by atoms with Gasteiger partial charge in [0.05, 0.1) is 7.11 Å². The number of carbonyl (C=O) groups excluding carboxylic acids is 1. The molecule has 1 aromatic rings. The first-order chi connectivity index (χ1) is 8.24. The maximum Gasteiger partial charge on any atom is 0.243 e. The SMILES string of the molecule is CCCC(OCC)C(=O)c1nccnc1OC. The molecule has 5 nitrogen and oxygen atoms in total. The minimum absolute atomic E-state index is 0.168. The average molecular weight is 238 g/mol. The largest absolute Gasteiger partial charge is 0.479 e. The second kappa shape index (κ2) is 6.96. The van der Waals surface area contributed by atoms with E-state index < -0.39 is 6.10 Å². The first-order valence-corrected chi connectivity index (χ1v) is 5.75. The Labute approximate surface area is 101 Å². The monoisotopic (exact) mass is 238 g/mol. The van der Waals surface area contributed by atoms with E-state index in [4.69, 9.17) is 9.47 Å². The number of hydrogen-bond acceptors (Lipinski definition) is 5. The fourth-order valence-electron chi connectivity index (χ4n) is 1.55. The third-order valence-corrected chi connectivity index (χ3v) is 2.30. The summed E-state index contributed by atoms with van der Waals surface area (Å²) >= 11 is 0. The third kappa shape index (κ3) is 3.49. The van der Waals surface area contributed by atoms with E-state index in [0.29, 0.717) is 13.0 Å². The van der Waals surface area contributed by atoms with Gasteiger partial charge in [-0.15, -0.1) is 0 Å². The fourth-order valence-corrected chi connectivity index (χ4v) is 1.55. The molecule has 0 aliphatic heterocycles. The Morgan fingerprint density at radius 1 is 1.35 bits per heavy atom. The quantitative estimate of drug-likeness (QED) is 0.679. The van der Waals surface area contributed by atoms with Crippen molar-refractivity contribution in [3.63, 3.8) is 0 Å². The number of rotatable bonds is 7. The molecular formula is C12H18N2O3. The van der Waals surface area contributed by atoms with Gasteiger partial charge in [0.25, 0.3) is 0 Å². The zero-order valence-corrected chi connectivity index (χ0v) is 10.5. The van der Waals surface area contributed by atoms with Crippen LogP contribution in [0.15, 0.2) is 12.4 Å². The van der Waals surface area contributed by atoms with Crippen LogP contribution in [-0.2, 0) is 4.74 Å². The molecule has 0 saturated carbocycles. The minimum Gasteiger partial charge on any atom is -0.479 e. The summed E-state index contributed by atoms with van der Waals surface area (Å²) in [5.74, 6) is 0.0805. The van der Waals surface area contributed by atoms with Gasteiger partial charge in [0.1, 0.15) is 6.10 Å². The predicted molar refractivity (Wildman–Crippen MR) is 63.2 cm³/mol. The molecule has 0 aliphatic rings. The molecule has 0 aromatic carbocycles. The lowest BCUT2D eigenvalue weighted by atomic mass is 10.1. The van der Waals surface area contributed by atoms with Crippen LogP contribution in [0.5, 0.6) is 5.88 Å². The van der Waals surface area contributed by atoms with Gasteiger partial charge in [0.15, 0.2) is 5.69 Å². The Kier molecular flexibility index (Phi) is 5.56. The van der Waals surface area contributed by atoms with Crippen molar-refractivity contribution in [2.24, 2.45) is 0 Å². The van der Waals surface area contributed by atoms with Crippen LogP contribution < -0.4 is 4.74 Å². The van der Waals surface area contributed by atoms with Crippen molar-refractivity contribution in [1.82, 2.24) is 9.97 Å². The summed E-state index contributed by atoms with van der Waals surface area (Å²) in [6, 6.07) is 0. The Morgan fingerprint density at radius 2 is 2.06 bits per heavy atom. The number of ether oxygens (including phenoxy) is 2. The van der Waals surface area contributed by atoms with Gasteiger partial charge in [-0.3, -0.25) is 4.79 Å². The highest BCUT2D eigenvalue weighted by Crippen LogP contribution is 2.16. The second-order valence-electron chi connectivity index (χ2n) is 3.51. The van der Waals surface area contributed by atoms with Crippen molar-refractivity contribution in [2.45, 2.75) is 32.8 Å². The summed E-state index contributed by atoms with van der Waals surface area (Å²) < 4.78 is 10.4. The standard InChI is InChI=1S/C12H18N2O3/c1-4-6-9(17-5-2)11(15)10-12(16-3)14-8-7-13-10/h7-9H,4-6H2,1-3H3. The smallest absolute Gasteiger partial charge is 0.243 e. The minimum atomic E-state index is -0.462. The Hall–Kier alpha value is -1.49. The first kappa shape index (κ1) is 13.6. The van der Waals surface area contributed by atoms with Crippen LogP contribution in [0, 0.1) is 0 Å². The van der Waals surface area contributed by atoms with Crippen LogP contribution >= 0.6 is 0 Å². The van der Waals surface area contributed by atoms with Gasteiger partial charge in [0.2, 0.25) is 11.7 Å². The number of aromatic nitrogens is 2. The summed E-state index contributed by atoms with van der Waals surface area (Å²) in [6.07, 6.45) is 4.05. The molecule has 1 unspecified atom stereocenters. The predicted octanol–water partition coefficient (Wildman–Crippen LogP) is 1.87. The highest BCUT2D eigenvalue weighted by Gasteiger charge is 2.24. The van der Waals surface area contributed by atoms with Crippen molar-refractivity contribution >= 4 is 5.78 Å². The molecule has 0 bridgehead atoms. The summed E-state index contributed by atoms with van der Waals surface area (Å²) in [5.41, 5.74) is 0.238. The molecule has 1 rings (SSSR count). The normalized spacial score (nSPS) is 12.2. The molecule has 0 amide bonds. The summed E-state index contributed by atoms with van der Waals surface area (Å²) in [5, 5.41) is 0. The molecule has 0 saturated heterocycles. The molecule has 0 fully saturated rings. The van der Waals surface area contributed by atoms with Crippen LogP contribution in [-0.4, -0.2) is 35.6 Å². The van der Waals surface area contributed by atoms with E-state index in [-0.39, 0.29) is 17.4 Å². The summed E-state index contributed by atoms with van der Waals surface area (Å²) in [7, 11) is 1.47. The van der Waals surface area contributed by atoms with Crippen molar-refractivity contribution in [3.8, 4) is 5.88 Å². The van der Waals surface area contributed by atoms with E-state index in [1.54, 1.807) is 0 Å². The Bertz CT molecular complexity index is 363. The van der Waals surface area contributed by atoms with E-state index in [2.05, 4.69) is 9.97 Å². The fraction of sp³-hybridized carbons (Fsp3) is 0.583. The maximum absolute atomic E-state index is 12.2. The molecular weight excluding hydrogens is 220 g/mol. The molecule has 94 valence electrons. The van der Waals surface area contributed by atoms with Crippen LogP contribution in [0.4, 0.5) is 0 Å². The van der Waals surface area contributed by atoms with E-state index in [9.17, 15) is 4.79 Å². The number of Topliss-reactive ketones (excluding diaryl/α,β-unsaturated/α-hetero) is 1. The second-order valence-corrected chi connectivity index (χ2v) is 3.51.